The summed E-state index contributed by atoms with van der Waals surface area (Å²) in [6.07, 6.45) is 7.09. The Morgan fingerprint density at radius 3 is 2.33 bits per heavy atom. The smallest absolute Gasteiger partial charge is 0.338 e. The third-order valence-corrected chi connectivity index (χ3v) is 7.51. The Kier molecular flexibility index (Phi) is 19.2. The van der Waals surface area contributed by atoms with Crippen LogP contribution in [0.5, 0.6) is 0 Å². The number of aryl methyl sites for hydroxylation is 1. The molecule has 3 N–H and O–H groups in total. The molecule has 1 aromatic carbocycles. The van der Waals surface area contributed by atoms with Gasteiger partial charge >= 0.3 is 5.97 Å². The van der Waals surface area contributed by atoms with E-state index in [-0.39, 0.29) is 17.5 Å². The molecule has 2 unspecified atom stereocenters. The van der Waals surface area contributed by atoms with E-state index in [1.165, 1.54) is 17.3 Å². The van der Waals surface area contributed by atoms with E-state index < -0.39 is 5.97 Å². The number of nitrogens with zero attached hydrogens (tertiary/aromatic N) is 5. The number of aliphatic imine (C=N–C) groups is 2. The van der Waals surface area contributed by atoms with Crippen molar-refractivity contribution in [2.24, 2.45) is 15.9 Å². The molecule has 0 aromatic heterocycles. The van der Waals surface area contributed by atoms with Gasteiger partial charge in [0.1, 0.15) is 6.29 Å². The molecule has 3 amide bonds. The van der Waals surface area contributed by atoms with Crippen LogP contribution in [-0.2, 0) is 19.2 Å². The van der Waals surface area contributed by atoms with Gasteiger partial charge in [-0.3, -0.25) is 34.2 Å². The van der Waals surface area contributed by atoms with Crippen LogP contribution in [0.3, 0.4) is 0 Å². The summed E-state index contributed by atoms with van der Waals surface area (Å²) in [6, 6.07) is 5.36. The van der Waals surface area contributed by atoms with Gasteiger partial charge in [-0.1, -0.05) is 0 Å². The number of anilines is 1. The Balaban J connectivity index is 0.00000238. The van der Waals surface area contributed by atoms with E-state index in [9.17, 15) is 24.3 Å². The van der Waals surface area contributed by atoms with Gasteiger partial charge in [0, 0.05) is 82.4 Å². The number of benzene rings is 1. The lowest BCUT2D eigenvalue weighted by atomic mass is 10.00. The number of amides is 3. The van der Waals surface area contributed by atoms with Gasteiger partial charge < -0.3 is 25.4 Å². The number of rotatable bonds is 19. The second-order valence-electron chi connectivity index (χ2n) is 10.8. The molecule has 1 aliphatic heterocycles. The van der Waals surface area contributed by atoms with Gasteiger partial charge in [-0.15, -0.1) is 0 Å². The van der Waals surface area contributed by atoms with Crippen molar-refractivity contribution >= 4 is 49.6 Å². The van der Waals surface area contributed by atoms with Crippen molar-refractivity contribution < 1.29 is 29.1 Å². The van der Waals surface area contributed by atoms with Crippen molar-refractivity contribution in [1.82, 2.24) is 20.4 Å². The second kappa shape index (κ2) is 22.3. The molecule has 248 valence electrons. The maximum absolute atomic E-state index is 13.0. The zero-order chi connectivity index (χ0) is 33.6. The molecule has 13 heteroatoms. The lowest BCUT2D eigenvalue weighted by Gasteiger charge is -2.38. The van der Waals surface area contributed by atoms with Crippen LogP contribution in [0.1, 0.15) is 48.5 Å². The number of carbonyl (C=O) groups excluding carboxylic acids is 4. The first kappa shape index (κ1) is 38.8. The summed E-state index contributed by atoms with van der Waals surface area (Å²) >= 11 is 0. The average molecular weight is 628 g/mol. The van der Waals surface area contributed by atoms with Gasteiger partial charge in [0.15, 0.2) is 0 Å². The molecule has 0 radical (unpaired) electrons. The van der Waals surface area contributed by atoms with Crippen LogP contribution in [0.25, 0.3) is 0 Å². The number of piperazine rings is 1. The van der Waals surface area contributed by atoms with Gasteiger partial charge in [0.2, 0.25) is 12.8 Å². The van der Waals surface area contributed by atoms with Gasteiger partial charge in [-0.05, 0) is 83.1 Å². The summed E-state index contributed by atoms with van der Waals surface area (Å²) in [5.74, 6) is -1.01. The summed E-state index contributed by atoms with van der Waals surface area (Å²) in [4.78, 5) is 69.4. The summed E-state index contributed by atoms with van der Waals surface area (Å²) in [5.41, 5.74) is 2.35. The number of carboxylic acids is 1. The third-order valence-electron chi connectivity index (χ3n) is 7.51. The molecule has 1 heterocycles. The minimum atomic E-state index is -1.08. The SMILES string of the molecule is C=N/C=C(\C=NCCC(CCNC)CN1CCN(c2ccc(C(=O)N(C=O)C(C)CCC=O)c(C)c2)CC1)C(=O)O.CNC=O. The highest BCUT2D eigenvalue weighted by atomic mass is 16.4. The van der Waals surface area contributed by atoms with Gasteiger partial charge in [0.25, 0.3) is 5.91 Å². The lowest BCUT2D eigenvalue weighted by molar-refractivity contribution is -0.132. The van der Waals surface area contributed by atoms with E-state index >= 15 is 0 Å². The summed E-state index contributed by atoms with van der Waals surface area (Å²) in [7, 11) is 3.50. The summed E-state index contributed by atoms with van der Waals surface area (Å²) < 4.78 is 0. The molecule has 0 bridgehead atoms. The van der Waals surface area contributed by atoms with E-state index in [4.69, 9.17) is 4.79 Å². The predicted octanol–water partition coefficient (Wildman–Crippen LogP) is 1.80. The van der Waals surface area contributed by atoms with Crippen molar-refractivity contribution in [2.45, 2.75) is 45.6 Å². The lowest BCUT2D eigenvalue weighted by Crippen LogP contribution is -2.48. The Labute approximate surface area is 266 Å². The highest BCUT2D eigenvalue weighted by Gasteiger charge is 2.24. The first-order valence-corrected chi connectivity index (χ1v) is 15.1. The van der Waals surface area contributed by atoms with Crippen LogP contribution in [-0.4, -0.2) is 125 Å². The van der Waals surface area contributed by atoms with Crippen LogP contribution < -0.4 is 15.5 Å². The van der Waals surface area contributed by atoms with E-state index in [0.29, 0.717) is 43.7 Å². The van der Waals surface area contributed by atoms with Crippen LogP contribution >= 0.6 is 0 Å². The van der Waals surface area contributed by atoms with Crippen molar-refractivity contribution in [3.63, 3.8) is 0 Å². The zero-order valence-corrected chi connectivity index (χ0v) is 27.0. The van der Waals surface area contributed by atoms with Gasteiger partial charge in [-0.25, -0.2) is 4.79 Å². The molecule has 1 fully saturated rings. The molecule has 1 aliphatic rings. The normalized spacial score (nSPS) is 14.9. The zero-order valence-electron chi connectivity index (χ0n) is 27.0. The minimum absolute atomic E-state index is 0.0146. The fourth-order valence-corrected chi connectivity index (χ4v) is 4.92. The third kappa shape index (κ3) is 14.0. The summed E-state index contributed by atoms with van der Waals surface area (Å²) in [5, 5.41) is 14.6. The Morgan fingerprint density at radius 2 is 1.80 bits per heavy atom. The molecule has 0 spiro atoms. The molecule has 2 atom stereocenters. The van der Waals surface area contributed by atoms with E-state index in [2.05, 4.69) is 37.1 Å². The van der Waals surface area contributed by atoms with Crippen LogP contribution in [0.15, 0.2) is 40.0 Å². The average Bonchev–Trinajstić information content (AvgIpc) is 3.04. The van der Waals surface area contributed by atoms with Gasteiger partial charge in [0.05, 0.1) is 5.57 Å². The van der Waals surface area contributed by atoms with Crippen molar-refractivity contribution in [2.75, 3.05) is 64.8 Å². The summed E-state index contributed by atoms with van der Waals surface area (Å²) in [6.45, 7) is 12.8. The van der Waals surface area contributed by atoms with Crippen LogP contribution in [0.4, 0.5) is 5.69 Å². The Bertz CT molecular complexity index is 1160. The monoisotopic (exact) mass is 627 g/mol. The van der Waals surface area contributed by atoms with E-state index in [1.54, 1.807) is 20.0 Å². The first-order valence-electron chi connectivity index (χ1n) is 15.1. The fraction of sp³-hybridized carbons (Fsp3) is 0.531. The molecular weight excluding hydrogens is 578 g/mol. The quantitative estimate of drug-likeness (QED) is 0.118. The van der Waals surface area contributed by atoms with Crippen LogP contribution in [0.2, 0.25) is 0 Å². The number of aldehydes is 1. The van der Waals surface area contributed by atoms with E-state index in [1.807, 2.05) is 26.1 Å². The van der Waals surface area contributed by atoms with E-state index in [0.717, 1.165) is 69.6 Å². The second-order valence-corrected chi connectivity index (χ2v) is 10.8. The fourth-order valence-electron chi connectivity index (χ4n) is 4.92. The maximum atomic E-state index is 13.0. The number of imide groups is 1. The predicted molar refractivity (Wildman–Crippen MR) is 177 cm³/mol. The van der Waals surface area contributed by atoms with Crippen molar-refractivity contribution in [3.05, 3.63) is 41.1 Å². The number of carboxylic acid groups (broad SMARTS) is 1. The van der Waals surface area contributed by atoms with Crippen molar-refractivity contribution in [3.8, 4) is 0 Å². The number of hydrogen-bond acceptors (Lipinski definition) is 10. The van der Waals surface area contributed by atoms with Gasteiger partial charge in [-0.2, -0.15) is 0 Å². The highest BCUT2D eigenvalue weighted by molar-refractivity contribution is 6.08. The molecule has 0 aliphatic carbocycles. The standard InChI is InChI=1S/C30H44N6O5.C2H5NO/c1-23-18-27(7-8-28(23)29(39)36(22-38)24(2)6-5-17-37)35-15-13-34(14-16-35)21-25(9-11-31-3)10-12-33-20-26(19-32-4)30(40)41;1-3-2-4/h7-8,17-20,22,24-25,31H,4-6,9-16,21H2,1-3H3,(H,40,41);2H,1H3,(H,3,4)/b26-19+,33-20?;. The molecule has 1 saturated heterocycles. The van der Waals surface area contributed by atoms with Crippen molar-refractivity contribution in [1.29, 1.82) is 0 Å². The number of carbonyl (C=O) groups is 5. The van der Waals surface area contributed by atoms with Crippen LogP contribution in [0, 0.1) is 12.8 Å². The minimum Gasteiger partial charge on any atom is -0.478 e. The topological polar surface area (TPSA) is 164 Å². The molecule has 0 saturated carbocycles. The number of nitrogens with one attached hydrogen (secondary N) is 2. The molecule has 1 aromatic rings. The maximum Gasteiger partial charge on any atom is 0.338 e. The molecule has 45 heavy (non-hydrogen) atoms. The number of aliphatic carboxylic acids is 1. The molecule has 2 rings (SSSR count). The number of hydrogen-bond donors (Lipinski definition) is 3. The molecule has 13 nitrogen and oxygen atoms in total. The first-order chi connectivity index (χ1) is 21.7. The largest absolute Gasteiger partial charge is 0.478 e. The Morgan fingerprint density at radius 1 is 1.11 bits per heavy atom. The highest BCUT2D eigenvalue weighted by Crippen LogP contribution is 2.23. The Hall–Kier alpha value is -4.23. The molecular formula is C32H49N7O6.